The van der Waals surface area contributed by atoms with Crippen molar-refractivity contribution in [2.45, 2.75) is 38.5 Å². The van der Waals surface area contributed by atoms with Crippen molar-refractivity contribution in [2.24, 2.45) is 20.0 Å². The molecular weight excluding hydrogens is 310 g/mol. The molecule has 0 fully saturated rings. The third kappa shape index (κ3) is 3.63. The SMILES string of the molecule is CCCCSc1cc2c(cc1NC(=O)C(C)C)n(C)c(=O)n2C. The minimum atomic E-state index is -0.0845. The second-order valence-corrected chi connectivity index (χ2v) is 7.22. The van der Waals surface area contributed by atoms with Gasteiger partial charge in [-0.1, -0.05) is 27.2 Å². The van der Waals surface area contributed by atoms with Gasteiger partial charge in [-0.15, -0.1) is 11.8 Å². The molecule has 0 aliphatic carbocycles. The fourth-order valence-electron chi connectivity index (χ4n) is 2.35. The van der Waals surface area contributed by atoms with Gasteiger partial charge in [0.25, 0.3) is 0 Å². The first kappa shape index (κ1) is 17.7. The Labute approximate surface area is 141 Å². The van der Waals surface area contributed by atoms with Crippen LogP contribution in [0.3, 0.4) is 0 Å². The largest absolute Gasteiger partial charge is 0.328 e. The molecule has 1 aromatic carbocycles. The van der Waals surface area contributed by atoms with Crippen molar-refractivity contribution >= 4 is 34.4 Å². The Balaban J connectivity index is 2.51. The highest BCUT2D eigenvalue weighted by atomic mass is 32.2. The van der Waals surface area contributed by atoms with Crippen molar-refractivity contribution in [3.8, 4) is 0 Å². The maximum absolute atomic E-state index is 12.1. The Morgan fingerprint density at radius 3 is 2.39 bits per heavy atom. The molecule has 2 rings (SSSR count). The lowest BCUT2D eigenvalue weighted by atomic mass is 10.2. The number of unbranched alkanes of at least 4 members (excludes halogenated alkanes) is 1. The van der Waals surface area contributed by atoms with Gasteiger partial charge in [0, 0.05) is 24.9 Å². The van der Waals surface area contributed by atoms with E-state index in [1.165, 1.54) is 0 Å². The summed E-state index contributed by atoms with van der Waals surface area (Å²) in [5, 5.41) is 3.00. The van der Waals surface area contributed by atoms with Crippen LogP contribution in [0.5, 0.6) is 0 Å². The van der Waals surface area contributed by atoms with Crippen LogP contribution in [0.2, 0.25) is 0 Å². The van der Waals surface area contributed by atoms with E-state index in [0.29, 0.717) is 0 Å². The number of carbonyl (C=O) groups is 1. The zero-order valence-electron chi connectivity index (χ0n) is 14.5. The molecule has 0 bridgehead atoms. The van der Waals surface area contributed by atoms with Gasteiger partial charge in [0.15, 0.2) is 0 Å². The number of rotatable bonds is 6. The third-order valence-corrected chi connectivity index (χ3v) is 5.05. The molecule has 0 atom stereocenters. The van der Waals surface area contributed by atoms with E-state index in [4.69, 9.17) is 0 Å². The molecule has 1 aromatic heterocycles. The quantitative estimate of drug-likeness (QED) is 0.650. The van der Waals surface area contributed by atoms with Crippen LogP contribution in [0, 0.1) is 5.92 Å². The summed E-state index contributed by atoms with van der Waals surface area (Å²) in [6, 6.07) is 3.91. The molecule has 0 spiro atoms. The van der Waals surface area contributed by atoms with Crippen molar-refractivity contribution < 1.29 is 4.79 Å². The van der Waals surface area contributed by atoms with Gasteiger partial charge in [0.05, 0.1) is 16.7 Å². The maximum atomic E-state index is 12.1. The van der Waals surface area contributed by atoms with Crippen LogP contribution in [0.15, 0.2) is 21.8 Å². The predicted molar refractivity (Wildman–Crippen MR) is 97.3 cm³/mol. The lowest BCUT2D eigenvalue weighted by molar-refractivity contribution is -0.118. The molecule has 1 N–H and O–H groups in total. The molecule has 1 amide bonds. The summed E-state index contributed by atoms with van der Waals surface area (Å²) in [5.74, 6) is 0.897. The van der Waals surface area contributed by atoms with Crippen LogP contribution >= 0.6 is 11.8 Å². The van der Waals surface area contributed by atoms with E-state index in [2.05, 4.69) is 12.2 Å². The summed E-state index contributed by atoms with van der Waals surface area (Å²) in [4.78, 5) is 25.2. The summed E-state index contributed by atoms with van der Waals surface area (Å²) in [7, 11) is 3.53. The fourth-order valence-corrected chi connectivity index (χ4v) is 3.46. The van der Waals surface area contributed by atoms with Gasteiger partial charge in [-0.2, -0.15) is 0 Å². The van der Waals surface area contributed by atoms with Crippen LogP contribution in [0.25, 0.3) is 11.0 Å². The van der Waals surface area contributed by atoms with Gasteiger partial charge < -0.3 is 5.32 Å². The van der Waals surface area contributed by atoms with E-state index in [1.807, 2.05) is 26.0 Å². The van der Waals surface area contributed by atoms with E-state index in [0.717, 1.165) is 40.2 Å². The summed E-state index contributed by atoms with van der Waals surface area (Å²) in [6.45, 7) is 5.90. The number of benzene rings is 1. The first-order chi connectivity index (χ1) is 10.9. The van der Waals surface area contributed by atoms with Gasteiger partial charge >= 0.3 is 5.69 Å². The number of hydrogen-bond acceptors (Lipinski definition) is 3. The number of amides is 1. The first-order valence-electron chi connectivity index (χ1n) is 8.00. The predicted octanol–water partition coefficient (Wildman–Crippen LogP) is 3.36. The monoisotopic (exact) mass is 335 g/mol. The fraction of sp³-hybridized carbons (Fsp3) is 0.529. The highest BCUT2D eigenvalue weighted by Crippen LogP contribution is 2.32. The number of anilines is 1. The smallest absolute Gasteiger partial charge is 0.325 e. The highest BCUT2D eigenvalue weighted by Gasteiger charge is 2.15. The van der Waals surface area contributed by atoms with E-state index in [-0.39, 0.29) is 17.5 Å². The molecule has 23 heavy (non-hydrogen) atoms. The number of thioether (sulfide) groups is 1. The third-order valence-electron chi connectivity index (χ3n) is 3.91. The second-order valence-electron chi connectivity index (χ2n) is 6.08. The minimum Gasteiger partial charge on any atom is -0.325 e. The van der Waals surface area contributed by atoms with Crippen LogP contribution in [-0.4, -0.2) is 20.8 Å². The molecule has 0 unspecified atom stereocenters. The van der Waals surface area contributed by atoms with Crippen molar-refractivity contribution in [3.63, 3.8) is 0 Å². The number of nitrogens with one attached hydrogen (secondary N) is 1. The van der Waals surface area contributed by atoms with Crippen LogP contribution in [0.4, 0.5) is 5.69 Å². The molecule has 0 saturated heterocycles. The van der Waals surface area contributed by atoms with Crippen molar-refractivity contribution in [1.82, 2.24) is 9.13 Å². The number of fused-ring (bicyclic) bond motifs is 1. The second kappa shape index (κ2) is 7.25. The molecule has 0 radical (unpaired) electrons. The molecule has 126 valence electrons. The van der Waals surface area contributed by atoms with E-state index in [1.54, 1.807) is 35.0 Å². The number of imidazole rings is 1. The molecule has 5 nitrogen and oxygen atoms in total. The minimum absolute atomic E-state index is 0.0115. The number of hydrogen-bond donors (Lipinski definition) is 1. The molecule has 2 aromatic rings. The summed E-state index contributed by atoms with van der Waals surface area (Å²) >= 11 is 1.72. The molecular formula is C17H25N3O2S. The van der Waals surface area contributed by atoms with Crippen LogP contribution < -0.4 is 11.0 Å². The van der Waals surface area contributed by atoms with Gasteiger partial charge in [-0.25, -0.2) is 4.79 Å². The number of aryl methyl sites for hydroxylation is 2. The van der Waals surface area contributed by atoms with Gasteiger partial charge in [-0.3, -0.25) is 13.9 Å². The first-order valence-corrected chi connectivity index (χ1v) is 8.98. The Kier molecular flexibility index (Phi) is 5.57. The average molecular weight is 335 g/mol. The topological polar surface area (TPSA) is 56.0 Å². The van der Waals surface area contributed by atoms with E-state index in [9.17, 15) is 9.59 Å². The lowest BCUT2D eigenvalue weighted by Crippen LogP contribution is -2.19. The Hall–Kier alpha value is -1.69. The van der Waals surface area contributed by atoms with Crippen LogP contribution in [0.1, 0.15) is 33.6 Å². The highest BCUT2D eigenvalue weighted by molar-refractivity contribution is 7.99. The van der Waals surface area contributed by atoms with Crippen LogP contribution in [-0.2, 0) is 18.9 Å². The van der Waals surface area contributed by atoms with E-state index < -0.39 is 0 Å². The molecule has 0 aliphatic rings. The van der Waals surface area contributed by atoms with Crippen molar-refractivity contribution in [1.29, 1.82) is 0 Å². The van der Waals surface area contributed by atoms with Crippen molar-refractivity contribution in [3.05, 3.63) is 22.6 Å². The van der Waals surface area contributed by atoms with E-state index >= 15 is 0 Å². The number of carbonyl (C=O) groups excluding carboxylic acids is 1. The molecule has 0 aliphatic heterocycles. The summed E-state index contributed by atoms with van der Waals surface area (Å²) in [6.07, 6.45) is 2.25. The Bertz CT molecular complexity index is 774. The zero-order chi connectivity index (χ0) is 17.1. The van der Waals surface area contributed by atoms with Gasteiger partial charge in [-0.05, 0) is 24.3 Å². The molecule has 1 heterocycles. The normalized spacial score (nSPS) is 11.4. The zero-order valence-corrected chi connectivity index (χ0v) is 15.3. The lowest BCUT2D eigenvalue weighted by Gasteiger charge is -2.13. The summed E-state index contributed by atoms with van der Waals surface area (Å²) < 4.78 is 3.26. The molecule has 6 heteroatoms. The number of aromatic nitrogens is 2. The molecule has 0 saturated carbocycles. The number of nitrogens with zero attached hydrogens (tertiary/aromatic N) is 2. The Morgan fingerprint density at radius 1 is 1.22 bits per heavy atom. The van der Waals surface area contributed by atoms with Gasteiger partial charge in [0.2, 0.25) is 5.91 Å². The average Bonchev–Trinajstić information content (AvgIpc) is 2.72. The Morgan fingerprint density at radius 2 is 1.83 bits per heavy atom. The maximum Gasteiger partial charge on any atom is 0.328 e. The van der Waals surface area contributed by atoms with Crippen molar-refractivity contribution in [2.75, 3.05) is 11.1 Å². The van der Waals surface area contributed by atoms with Gasteiger partial charge in [0.1, 0.15) is 0 Å². The standard InChI is InChI=1S/C17H25N3O2S/c1-6-7-8-23-15-10-14-13(19(4)17(22)20(14)5)9-12(15)18-16(21)11(2)3/h9-11H,6-8H2,1-5H3,(H,18,21). The summed E-state index contributed by atoms with van der Waals surface area (Å²) in [5.41, 5.74) is 2.45.